The third kappa shape index (κ3) is 113. The number of hydrogen-bond donors (Lipinski definition) is 0. The van der Waals surface area contributed by atoms with Gasteiger partial charge < -0.3 is 82.7 Å². The smallest absolute Gasteiger partial charge is 0.171 e. The van der Waals surface area contributed by atoms with Crippen molar-refractivity contribution in [3.63, 3.8) is 0 Å². The highest BCUT2D eigenvalue weighted by Gasteiger charge is 2.40. The quantitative estimate of drug-likeness (QED) is 0.0431. The van der Waals surface area contributed by atoms with Gasteiger partial charge in [-0.3, -0.25) is 0 Å². The van der Waals surface area contributed by atoms with Crippen molar-refractivity contribution in [3.8, 4) is 0 Å². The normalized spacial score (nSPS) is 18.7. The molecule has 5 aliphatic rings. The summed E-state index contributed by atoms with van der Waals surface area (Å²) in [6, 6.07) is 6.73. The second-order valence-corrected chi connectivity index (χ2v) is 86.1. The summed E-state index contributed by atoms with van der Waals surface area (Å²) in [4.78, 5) is 2.38. The summed E-state index contributed by atoms with van der Waals surface area (Å²) in [5.74, 6) is 4.30. The van der Waals surface area contributed by atoms with Gasteiger partial charge in [0, 0.05) is 110 Å². The van der Waals surface area contributed by atoms with Gasteiger partial charge in [0.1, 0.15) is 0 Å². The van der Waals surface area contributed by atoms with Crippen LogP contribution >= 0.6 is 256 Å². The topological polar surface area (TPSA) is 64.3 Å². The number of morpholine rings is 1. The molecule has 51 heteroatoms. The maximum atomic E-state index is 5.16. The van der Waals surface area contributed by atoms with E-state index in [2.05, 4.69) is 626 Å². The fraction of sp³-hybridized carbons (Fsp3) is 1.00. The molecular weight excluding hydrogens is 3110 g/mol. The molecule has 4 unspecified atom stereocenters. The molecular formula is C91H237Br16N17OSSi16. The number of rotatable bonds is 41. The Balaban J connectivity index is -0.000000144. The zero-order valence-electron chi connectivity index (χ0n) is 100. The van der Waals surface area contributed by atoms with Crippen molar-refractivity contribution in [1.82, 2.24) is 77.9 Å². The van der Waals surface area contributed by atoms with Gasteiger partial charge in [-0.2, -0.15) is 11.8 Å². The molecule has 5 aliphatic heterocycles. The van der Waals surface area contributed by atoms with Crippen LogP contribution in [0.15, 0.2) is 0 Å². The molecule has 0 aromatic heterocycles. The van der Waals surface area contributed by atoms with Gasteiger partial charge in [0.15, 0.2) is 133 Å². The lowest BCUT2D eigenvalue weighted by atomic mass is 9.83. The minimum absolute atomic E-state index is 0.000710. The molecule has 874 valence electrons. The van der Waals surface area contributed by atoms with Crippen molar-refractivity contribution in [3.05, 3.63) is 0 Å². The largest absolute Gasteiger partial charge is 0.379 e. The number of hydrogen-bond acceptors (Lipinski definition) is 19. The third-order valence-electron chi connectivity index (χ3n) is 24.7. The lowest BCUT2D eigenvalue weighted by Gasteiger charge is -2.52. The summed E-state index contributed by atoms with van der Waals surface area (Å²) in [6.45, 7) is 104. The predicted molar refractivity (Wildman–Crippen MR) is 773 cm³/mol. The van der Waals surface area contributed by atoms with E-state index in [1.165, 1.54) is 193 Å². The minimum atomic E-state index is -0.194. The second kappa shape index (κ2) is 118. The maximum Gasteiger partial charge on any atom is 0.171 e. The van der Waals surface area contributed by atoms with E-state index >= 15 is 0 Å². The van der Waals surface area contributed by atoms with Crippen LogP contribution in [0.5, 0.6) is 0 Å². The zero-order chi connectivity index (χ0) is 113. The number of piperazine rings is 1. The lowest BCUT2D eigenvalue weighted by Crippen LogP contribution is -2.58. The van der Waals surface area contributed by atoms with Crippen LogP contribution < -0.4 is 0 Å². The van der Waals surface area contributed by atoms with E-state index in [0.717, 1.165) is 68.3 Å². The van der Waals surface area contributed by atoms with E-state index in [4.69, 9.17) is 4.74 Å². The molecule has 5 heterocycles. The number of unbranched alkanes of at least 4 members (excludes halogenated alkanes) is 2. The summed E-state index contributed by atoms with van der Waals surface area (Å²) < 4.78 is 45.1. The van der Waals surface area contributed by atoms with E-state index in [9.17, 15) is 0 Å². The molecule has 0 amide bonds. The molecule has 0 spiro atoms. The summed E-state index contributed by atoms with van der Waals surface area (Å²) in [7, 11) is 11.4. The van der Waals surface area contributed by atoms with Crippen molar-refractivity contribution < 1.29 is 4.74 Å². The molecule has 0 aliphatic carbocycles. The minimum Gasteiger partial charge on any atom is -0.379 e. The maximum absolute atomic E-state index is 5.16. The van der Waals surface area contributed by atoms with E-state index < -0.39 is 0 Å². The monoisotopic (exact) mass is 3330 g/mol. The Bertz CT molecular complexity index is 2410. The first-order valence-electron chi connectivity index (χ1n) is 53.7. The van der Waals surface area contributed by atoms with Crippen LogP contribution in [0.1, 0.15) is 339 Å². The van der Waals surface area contributed by atoms with Crippen LogP contribution in [0.4, 0.5) is 0 Å². The average molecular weight is 3350 g/mol. The van der Waals surface area contributed by atoms with Crippen molar-refractivity contribution in [2.45, 2.75) is 416 Å². The fourth-order valence-electron chi connectivity index (χ4n) is 13.6. The fourth-order valence-corrected chi connectivity index (χ4v) is 58.7. The number of piperidine rings is 2. The molecule has 0 N–H and O–H groups in total. The van der Waals surface area contributed by atoms with Crippen LogP contribution in [0.2, 0.25) is 0 Å². The van der Waals surface area contributed by atoms with Gasteiger partial charge in [-0.25, -0.2) is 0 Å². The molecule has 0 bridgehead atoms. The SMILES string of the molecule is Br[SiH2]N1CCOCC1.Br[SiH2]N1CCSCC1.CC(C)CN(CC(C)C)[SiH2]Br.CC(C)N(C)[SiH2]Br.CC(C)N([SiH2]Br)C(C)(C)C.CC(C)N([SiH2]Br)C(C)C.CC1(C)CCCC(C)(C)N1[SiH2]Br.CC1CCCC(C)N1[SiH2]Br.CCC(C)N([SiH2]Br)C(C)CC.CCCCN(CCCC)[SiH2]Br.CCCN(CCC)[SiH2]Br.CCN(C)[SiH2]Br.CCN([SiH2]Br)C(C)C.CN(C)[SiH2]Br.CN([SiH2]Br)C(C)(C)C.CN1CCN([SiH2]Br)CC1. The van der Waals surface area contributed by atoms with Crippen molar-refractivity contribution in [1.29, 1.82) is 0 Å². The summed E-state index contributed by atoms with van der Waals surface area (Å²) in [6.07, 6.45) is 18.8. The van der Waals surface area contributed by atoms with Crippen LogP contribution in [-0.2, 0) is 4.74 Å². The molecule has 0 aromatic carbocycles. The second-order valence-electron chi connectivity index (χ2n) is 43.0. The van der Waals surface area contributed by atoms with E-state index in [1.54, 1.807) is 0 Å². The first-order chi connectivity index (χ1) is 66.2. The Morgan fingerprint density at radius 1 is 0.387 bits per heavy atom. The predicted octanol–water partition coefficient (Wildman–Crippen LogP) is 18.5. The highest BCUT2D eigenvalue weighted by molar-refractivity contribution is 9.25. The molecule has 4 atom stereocenters. The van der Waals surface area contributed by atoms with E-state index in [-0.39, 0.29) is 133 Å². The molecule has 18 nitrogen and oxygen atoms in total. The van der Waals surface area contributed by atoms with Crippen molar-refractivity contribution in [2.24, 2.45) is 11.8 Å². The molecule has 0 aromatic rings. The Morgan fingerprint density at radius 3 is 0.951 bits per heavy atom. The Kier molecular flexibility index (Phi) is 146. The number of likely N-dealkylation sites (N-methyl/N-ethyl adjacent to an activating group) is 1. The van der Waals surface area contributed by atoms with Crippen LogP contribution in [0.3, 0.4) is 0 Å². The van der Waals surface area contributed by atoms with Gasteiger partial charge in [-0.05, 0) is 277 Å². The number of halogens is 16. The highest BCUT2D eigenvalue weighted by Crippen LogP contribution is 2.38. The van der Waals surface area contributed by atoms with Gasteiger partial charge >= 0.3 is 0 Å². The summed E-state index contributed by atoms with van der Waals surface area (Å²) in [5.41, 5.74) is 1.55. The highest BCUT2D eigenvalue weighted by atomic mass is 79.9. The molecule has 0 radical (unpaired) electrons. The Labute approximate surface area is 1060 Å². The van der Waals surface area contributed by atoms with Gasteiger partial charge in [0.25, 0.3) is 0 Å². The van der Waals surface area contributed by atoms with Gasteiger partial charge in [0.05, 0.1) is 13.2 Å². The third-order valence-corrected chi connectivity index (χ3v) is 78.5. The van der Waals surface area contributed by atoms with Gasteiger partial charge in [-0.1, -0.05) is 199 Å². The van der Waals surface area contributed by atoms with E-state index in [0.29, 0.717) is 46.3 Å². The lowest BCUT2D eigenvalue weighted by molar-refractivity contribution is 0.0566. The molecule has 5 rings (SSSR count). The molecule has 5 fully saturated rings. The molecule has 142 heavy (non-hydrogen) atoms. The molecule has 5 saturated heterocycles. The standard InChI is InChI=1S/C9H20BrNSi.3C8H20BrNSi.C7H16BrNSi.C7H18BrNSi.2C6H16BrNSi.C5H13BrN2Si.2C5H14BrNSi.C4H10BrNOSi.C4H10BrNSSi.C4H12BrNSi.C3H10BrNSi.C2H8BrNSi/c1-8(2)6-5-7-9(3,4)11(8)12-10;1-7(2)5-10(11-9)6-8(3)4;1-5-7(3)10(11-9)8(4)6-2;1-3-5-7-10(11-9)8-6-4-2;1-6-4-3-5-7(2)9(6)10-8;1-6(2)9(10-8)7(3,4)5;1-5(2)8(9-7)6(3)4;1-3-5-8(9-7)6-4-2;1-7-2-4-8(9-6)5-3-7;1-5(2,3)7(4)8-6;1-4-7(8-6)5(2)3;2*5-8-6-1-3-7-4-2-6;1-4(2)6(3)7-5;1-3-5(2)6-4;1-4(2)5-3/h5-7,12H2,1-4H3;2*7-8H,5-6,11H2,1-4H3;3-8,11H2,1-2H3;6-7H,3-5,10H2,1-2H3;6H,10H2,1-5H3;5-6H,9H2,1-4H3;3-6,9H2,1-2H3;2-5,9H2,1H3;8H2,1-4H3;5H,4,8H2,1-3H3;2*1-4,8H2;4H,7H2,1-3H3;3,6H2,1-2H3;5H2,1-2H3. The van der Waals surface area contributed by atoms with Crippen LogP contribution in [0.25, 0.3) is 0 Å². The Hall–Kier alpha value is 10.8. The van der Waals surface area contributed by atoms with Crippen LogP contribution in [-0.4, -0.2) is 459 Å². The number of nitrogens with zero attached hydrogens (tertiary/aromatic N) is 17. The zero-order valence-corrected chi connectivity index (χ0v) is 149. The van der Waals surface area contributed by atoms with Gasteiger partial charge in [0.2, 0.25) is 0 Å². The summed E-state index contributed by atoms with van der Waals surface area (Å²) >= 11 is 59.2. The van der Waals surface area contributed by atoms with Crippen LogP contribution in [0, 0.1) is 11.8 Å². The van der Waals surface area contributed by atoms with Crippen molar-refractivity contribution in [2.75, 3.05) is 172 Å². The first kappa shape index (κ1) is 175. The van der Waals surface area contributed by atoms with E-state index in [1.807, 2.05) is 0 Å². The van der Waals surface area contributed by atoms with Gasteiger partial charge in [-0.15, -0.1) is 245 Å². The number of thioether (sulfide) groups is 1. The summed E-state index contributed by atoms with van der Waals surface area (Å²) in [5, 5.41) is 0. The number of ether oxygens (including phenoxy) is 1. The van der Waals surface area contributed by atoms with Crippen molar-refractivity contribution >= 4 is 389 Å². The first-order valence-corrected chi connectivity index (χ1v) is 127. The average Bonchev–Trinajstić information content (AvgIpc) is 0.789. The Morgan fingerprint density at radius 2 is 0.775 bits per heavy atom. The molecule has 0 saturated carbocycles.